The number of aromatic nitrogens is 4. The normalized spacial score (nSPS) is 12.9. The van der Waals surface area contributed by atoms with Crippen LogP contribution in [0.3, 0.4) is 0 Å². The highest BCUT2D eigenvalue weighted by atomic mass is 28.4. The molecule has 0 amide bonds. The van der Waals surface area contributed by atoms with Crippen molar-refractivity contribution < 1.29 is 9.22 Å². The molecule has 0 bridgehead atoms. The number of carbonyl (C=O) groups is 1. The van der Waals surface area contributed by atoms with Gasteiger partial charge in [0.15, 0.2) is 14.1 Å². The van der Waals surface area contributed by atoms with Gasteiger partial charge in [0.1, 0.15) is 12.0 Å². The summed E-state index contributed by atoms with van der Waals surface area (Å²) in [5.41, 5.74) is 4.76. The molecular formula is C34H39N5O2Si. The first-order chi connectivity index (χ1) is 20.0. The van der Waals surface area contributed by atoms with Crippen molar-refractivity contribution >= 4 is 30.8 Å². The van der Waals surface area contributed by atoms with Crippen LogP contribution in [-0.4, -0.2) is 40.2 Å². The minimum absolute atomic E-state index is 0.0123. The van der Waals surface area contributed by atoms with Gasteiger partial charge in [0.2, 0.25) is 0 Å². The molecule has 3 aromatic heterocycles. The fraction of sp³-hybridized carbons (Fsp3) is 0.294. The Balaban J connectivity index is 1.44. The SMILES string of the molecule is C[C@@H](CO[Si](C)(C)C(C)(C)C)n1cc(C(=O)c2cncc(NC(c3ccccc3)c3ccccc3)c2)c2cncnc21. The highest BCUT2D eigenvalue weighted by Crippen LogP contribution is 2.37. The molecule has 0 unspecified atom stereocenters. The number of fused-ring (bicyclic) bond motifs is 1. The van der Waals surface area contributed by atoms with Crippen molar-refractivity contribution in [3.8, 4) is 0 Å². The predicted molar refractivity (Wildman–Crippen MR) is 171 cm³/mol. The van der Waals surface area contributed by atoms with Crippen molar-refractivity contribution in [1.29, 1.82) is 0 Å². The monoisotopic (exact) mass is 577 g/mol. The van der Waals surface area contributed by atoms with E-state index in [0.717, 1.165) is 22.5 Å². The third-order valence-corrected chi connectivity index (χ3v) is 12.8. The molecule has 0 aliphatic carbocycles. The van der Waals surface area contributed by atoms with Crippen molar-refractivity contribution in [1.82, 2.24) is 19.5 Å². The molecule has 7 nitrogen and oxygen atoms in total. The Kier molecular flexibility index (Phi) is 8.38. The van der Waals surface area contributed by atoms with Crippen molar-refractivity contribution in [3.63, 3.8) is 0 Å². The molecule has 0 aliphatic rings. The van der Waals surface area contributed by atoms with E-state index >= 15 is 0 Å². The number of anilines is 1. The van der Waals surface area contributed by atoms with Gasteiger partial charge in [-0.05, 0) is 42.2 Å². The molecule has 0 saturated heterocycles. The zero-order chi connectivity index (χ0) is 29.9. The Morgan fingerprint density at radius 2 is 1.60 bits per heavy atom. The van der Waals surface area contributed by atoms with Crippen LogP contribution < -0.4 is 5.32 Å². The quantitative estimate of drug-likeness (QED) is 0.134. The first kappa shape index (κ1) is 29.4. The second-order valence-electron chi connectivity index (χ2n) is 12.3. The van der Waals surface area contributed by atoms with E-state index in [1.807, 2.05) is 53.2 Å². The van der Waals surface area contributed by atoms with E-state index in [9.17, 15) is 4.79 Å². The maximum Gasteiger partial charge on any atom is 0.196 e. The smallest absolute Gasteiger partial charge is 0.196 e. The lowest BCUT2D eigenvalue weighted by Crippen LogP contribution is -2.41. The van der Waals surface area contributed by atoms with Gasteiger partial charge in [-0.1, -0.05) is 81.4 Å². The summed E-state index contributed by atoms with van der Waals surface area (Å²) in [4.78, 5) is 27.2. The molecule has 0 fully saturated rings. The van der Waals surface area contributed by atoms with Gasteiger partial charge in [-0.25, -0.2) is 9.97 Å². The molecular weight excluding hydrogens is 538 g/mol. The Morgan fingerprint density at radius 3 is 2.21 bits per heavy atom. The van der Waals surface area contributed by atoms with Crippen LogP contribution in [0.1, 0.15) is 66.8 Å². The summed E-state index contributed by atoms with van der Waals surface area (Å²) in [6, 6.07) is 22.3. The van der Waals surface area contributed by atoms with E-state index in [-0.39, 0.29) is 22.9 Å². The summed E-state index contributed by atoms with van der Waals surface area (Å²) in [6.45, 7) is 13.8. The van der Waals surface area contributed by atoms with E-state index in [2.05, 4.69) is 85.3 Å². The summed E-state index contributed by atoms with van der Waals surface area (Å²) >= 11 is 0. The lowest BCUT2D eigenvalue weighted by molar-refractivity contribution is 0.103. The van der Waals surface area contributed by atoms with Gasteiger partial charge in [-0.3, -0.25) is 9.78 Å². The molecule has 216 valence electrons. The summed E-state index contributed by atoms with van der Waals surface area (Å²) in [7, 11) is -1.93. The number of benzene rings is 2. The number of hydrogen-bond donors (Lipinski definition) is 1. The standard InChI is InChI=1S/C34H39N5O2Si/c1-24(22-41-42(5,6)34(2,3)4)39-21-30(29-20-36-23-37-33(29)39)32(40)27-17-28(19-35-18-27)38-31(25-13-9-7-10-14-25)26-15-11-8-12-16-26/h7-21,23-24,31,38H,22H2,1-6H3/t24-/m0/s1. The van der Waals surface area contributed by atoms with E-state index < -0.39 is 8.32 Å². The van der Waals surface area contributed by atoms with Crippen LogP contribution in [0, 0.1) is 0 Å². The Labute approximate surface area is 249 Å². The van der Waals surface area contributed by atoms with Crippen molar-refractivity contribution in [2.75, 3.05) is 11.9 Å². The van der Waals surface area contributed by atoms with E-state index in [1.165, 1.54) is 6.33 Å². The molecule has 0 aliphatic heterocycles. The molecule has 0 radical (unpaired) electrons. The molecule has 5 aromatic rings. The second kappa shape index (κ2) is 12.0. The highest BCUT2D eigenvalue weighted by Gasteiger charge is 2.37. The minimum atomic E-state index is -1.93. The van der Waals surface area contributed by atoms with E-state index in [0.29, 0.717) is 23.1 Å². The largest absolute Gasteiger partial charge is 0.415 e. The lowest BCUT2D eigenvalue weighted by Gasteiger charge is -2.37. The zero-order valence-corrected chi connectivity index (χ0v) is 26.2. The molecule has 3 heterocycles. The van der Waals surface area contributed by atoms with Crippen molar-refractivity contribution in [2.24, 2.45) is 0 Å². The van der Waals surface area contributed by atoms with E-state index in [4.69, 9.17) is 4.43 Å². The van der Waals surface area contributed by atoms with Crippen LogP contribution in [0.5, 0.6) is 0 Å². The molecule has 2 aromatic carbocycles. The summed E-state index contributed by atoms with van der Waals surface area (Å²) in [6.07, 6.45) is 8.49. The first-order valence-electron chi connectivity index (χ1n) is 14.4. The summed E-state index contributed by atoms with van der Waals surface area (Å²) < 4.78 is 8.55. The second-order valence-corrected chi connectivity index (χ2v) is 17.1. The predicted octanol–water partition coefficient (Wildman–Crippen LogP) is 7.84. The van der Waals surface area contributed by atoms with Crippen LogP contribution in [-0.2, 0) is 4.43 Å². The highest BCUT2D eigenvalue weighted by molar-refractivity contribution is 6.74. The molecule has 0 saturated carbocycles. The molecule has 1 N–H and O–H groups in total. The van der Waals surface area contributed by atoms with Crippen LogP contribution in [0.25, 0.3) is 11.0 Å². The van der Waals surface area contributed by atoms with Gasteiger partial charge < -0.3 is 14.3 Å². The first-order valence-corrected chi connectivity index (χ1v) is 17.3. The third kappa shape index (κ3) is 6.20. The fourth-order valence-electron chi connectivity index (χ4n) is 4.75. The van der Waals surface area contributed by atoms with Crippen LogP contribution >= 0.6 is 0 Å². The number of hydrogen-bond acceptors (Lipinski definition) is 6. The Hall–Kier alpha value is -4.14. The van der Waals surface area contributed by atoms with Gasteiger partial charge in [0.25, 0.3) is 0 Å². The molecule has 8 heteroatoms. The Morgan fingerprint density at radius 1 is 0.952 bits per heavy atom. The summed E-state index contributed by atoms with van der Waals surface area (Å²) in [5, 5.41) is 4.43. The van der Waals surface area contributed by atoms with Crippen LogP contribution in [0.2, 0.25) is 18.1 Å². The third-order valence-electron chi connectivity index (χ3n) is 8.28. The van der Waals surface area contributed by atoms with Gasteiger partial charge in [-0.15, -0.1) is 0 Å². The van der Waals surface area contributed by atoms with E-state index in [1.54, 1.807) is 18.6 Å². The van der Waals surface area contributed by atoms with Crippen molar-refractivity contribution in [3.05, 3.63) is 120 Å². The van der Waals surface area contributed by atoms with Gasteiger partial charge >= 0.3 is 0 Å². The average Bonchev–Trinajstić information content (AvgIpc) is 3.39. The molecule has 5 rings (SSSR count). The number of ketones is 1. The molecule has 0 spiro atoms. The van der Waals surface area contributed by atoms with Gasteiger partial charge in [0, 0.05) is 29.5 Å². The van der Waals surface area contributed by atoms with Crippen molar-refractivity contribution in [2.45, 2.75) is 57.9 Å². The van der Waals surface area contributed by atoms with Gasteiger partial charge in [0.05, 0.1) is 36.1 Å². The number of carbonyl (C=O) groups excluding carboxylic acids is 1. The minimum Gasteiger partial charge on any atom is -0.415 e. The zero-order valence-electron chi connectivity index (χ0n) is 25.2. The summed E-state index contributed by atoms with van der Waals surface area (Å²) in [5.74, 6) is -0.127. The number of pyridine rings is 1. The van der Waals surface area contributed by atoms with Crippen LogP contribution in [0.15, 0.2) is 97.8 Å². The maximum absolute atomic E-state index is 14.0. The number of nitrogens with one attached hydrogen (secondary N) is 1. The maximum atomic E-state index is 14.0. The molecule has 42 heavy (non-hydrogen) atoms. The Bertz CT molecular complexity index is 1620. The number of rotatable bonds is 10. The van der Waals surface area contributed by atoms with Gasteiger partial charge in [-0.2, -0.15) is 0 Å². The molecule has 1 atom stereocenters. The lowest BCUT2D eigenvalue weighted by atomic mass is 9.98. The topological polar surface area (TPSA) is 81.9 Å². The average molecular weight is 578 g/mol. The fourth-order valence-corrected chi connectivity index (χ4v) is 5.84. The number of nitrogens with zero attached hydrogens (tertiary/aromatic N) is 4. The van der Waals surface area contributed by atoms with Crippen LogP contribution in [0.4, 0.5) is 5.69 Å².